The summed E-state index contributed by atoms with van der Waals surface area (Å²) < 4.78 is 4.96. The van der Waals surface area contributed by atoms with Crippen LogP contribution in [0.5, 0.6) is 0 Å². The molecule has 0 radical (unpaired) electrons. The zero-order chi connectivity index (χ0) is 14.4. The van der Waals surface area contributed by atoms with E-state index in [9.17, 15) is 0 Å². The van der Waals surface area contributed by atoms with Crippen molar-refractivity contribution in [3.63, 3.8) is 0 Å². The average molecular weight is 277 g/mol. The highest BCUT2D eigenvalue weighted by molar-refractivity contribution is 5.48. The Balaban J connectivity index is 1.87. The van der Waals surface area contributed by atoms with Crippen molar-refractivity contribution in [3.8, 4) is 0 Å². The first-order valence-electron chi connectivity index (χ1n) is 6.42. The molecule has 0 spiro atoms. The quantitative estimate of drug-likeness (QED) is 0.731. The number of rotatable bonds is 7. The molecule has 8 nitrogen and oxygen atoms in total. The third kappa shape index (κ3) is 4.47. The summed E-state index contributed by atoms with van der Waals surface area (Å²) in [5, 5.41) is 17.8. The van der Waals surface area contributed by atoms with Crippen LogP contribution in [0.1, 0.15) is 12.2 Å². The molecule has 8 heteroatoms. The van der Waals surface area contributed by atoms with Gasteiger partial charge in [-0.2, -0.15) is 10.1 Å². The zero-order valence-electron chi connectivity index (χ0n) is 11.9. The van der Waals surface area contributed by atoms with Crippen LogP contribution in [0, 0.1) is 6.92 Å². The summed E-state index contributed by atoms with van der Waals surface area (Å²) in [6, 6.07) is 1.76. The van der Waals surface area contributed by atoms with Crippen LogP contribution in [0.4, 0.5) is 17.6 Å². The molecule has 20 heavy (non-hydrogen) atoms. The van der Waals surface area contributed by atoms with Crippen LogP contribution in [0.3, 0.4) is 0 Å². The number of nitrogens with zero attached hydrogens (tertiary/aromatic N) is 5. The van der Waals surface area contributed by atoms with Gasteiger partial charge in [0.25, 0.3) is 0 Å². The van der Waals surface area contributed by atoms with Gasteiger partial charge in [-0.3, -0.25) is 0 Å². The van der Waals surface area contributed by atoms with Crippen LogP contribution < -0.4 is 10.6 Å². The Bertz CT molecular complexity index is 540. The highest BCUT2D eigenvalue weighted by atomic mass is 16.5. The molecule has 0 atom stereocenters. The Kier molecular flexibility index (Phi) is 4.83. The van der Waals surface area contributed by atoms with E-state index in [0.29, 0.717) is 17.6 Å². The highest BCUT2D eigenvalue weighted by Crippen LogP contribution is 2.12. The molecule has 2 N–H and O–H groups in total. The van der Waals surface area contributed by atoms with Crippen molar-refractivity contribution >= 4 is 17.6 Å². The number of nitrogens with one attached hydrogen (secondary N) is 2. The second-order valence-electron chi connectivity index (χ2n) is 4.70. The molecule has 2 aromatic heterocycles. The molecule has 0 aliphatic carbocycles. The average Bonchev–Trinajstić information content (AvgIpc) is 2.80. The smallest absolute Gasteiger partial charge is 0.250 e. The van der Waals surface area contributed by atoms with Gasteiger partial charge in [-0.05, 0) is 34.0 Å². The van der Waals surface area contributed by atoms with Crippen molar-refractivity contribution in [2.45, 2.75) is 13.3 Å². The first kappa shape index (κ1) is 14.2. The van der Waals surface area contributed by atoms with E-state index >= 15 is 0 Å². The minimum atomic E-state index is 0.385. The third-order valence-electron chi connectivity index (χ3n) is 2.51. The lowest BCUT2D eigenvalue weighted by molar-refractivity contribution is 0.400. The van der Waals surface area contributed by atoms with Gasteiger partial charge < -0.3 is 20.1 Å². The van der Waals surface area contributed by atoms with Gasteiger partial charge in [-0.1, -0.05) is 5.16 Å². The van der Waals surface area contributed by atoms with Gasteiger partial charge in [0.15, 0.2) is 11.6 Å². The van der Waals surface area contributed by atoms with Crippen molar-refractivity contribution in [3.05, 3.63) is 18.0 Å². The Labute approximate surface area is 117 Å². The van der Waals surface area contributed by atoms with E-state index in [0.717, 1.165) is 25.3 Å². The Morgan fingerprint density at radius 3 is 2.85 bits per heavy atom. The largest absolute Gasteiger partial charge is 0.369 e. The van der Waals surface area contributed by atoms with Crippen LogP contribution >= 0.6 is 0 Å². The van der Waals surface area contributed by atoms with Crippen molar-refractivity contribution in [1.29, 1.82) is 0 Å². The molecule has 0 aliphatic rings. The maximum Gasteiger partial charge on any atom is 0.250 e. The molecule has 108 valence electrons. The molecule has 2 heterocycles. The van der Waals surface area contributed by atoms with Gasteiger partial charge in [0.05, 0.1) is 6.20 Å². The van der Waals surface area contributed by atoms with Crippen molar-refractivity contribution < 1.29 is 4.52 Å². The maximum atomic E-state index is 4.96. The van der Waals surface area contributed by atoms with E-state index < -0.39 is 0 Å². The zero-order valence-corrected chi connectivity index (χ0v) is 11.9. The molecule has 0 aliphatic heterocycles. The highest BCUT2D eigenvalue weighted by Gasteiger charge is 2.04. The molecule has 2 aromatic rings. The Morgan fingerprint density at radius 1 is 1.30 bits per heavy atom. The van der Waals surface area contributed by atoms with Gasteiger partial charge in [0, 0.05) is 12.6 Å². The summed E-state index contributed by atoms with van der Waals surface area (Å²) in [6.45, 7) is 3.67. The van der Waals surface area contributed by atoms with Crippen LogP contribution in [0.15, 0.2) is 16.8 Å². The lowest BCUT2D eigenvalue weighted by Crippen LogP contribution is -2.17. The summed E-state index contributed by atoms with van der Waals surface area (Å²) >= 11 is 0. The minimum Gasteiger partial charge on any atom is -0.369 e. The summed E-state index contributed by atoms with van der Waals surface area (Å²) in [4.78, 5) is 6.44. The van der Waals surface area contributed by atoms with E-state index in [1.807, 2.05) is 21.0 Å². The van der Waals surface area contributed by atoms with Crippen LogP contribution in [-0.4, -0.2) is 52.4 Å². The number of aryl methyl sites for hydroxylation is 1. The molecule has 0 saturated heterocycles. The molecular weight excluding hydrogens is 258 g/mol. The molecule has 0 fully saturated rings. The van der Waals surface area contributed by atoms with Crippen molar-refractivity contribution in [2.75, 3.05) is 37.8 Å². The lowest BCUT2D eigenvalue weighted by Gasteiger charge is -2.10. The predicted octanol–water partition coefficient (Wildman–Crippen LogP) is 1.28. The number of anilines is 3. The van der Waals surface area contributed by atoms with Crippen LogP contribution in [-0.2, 0) is 0 Å². The first-order chi connectivity index (χ1) is 9.63. The summed E-state index contributed by atoms with van der Waals surface area (Å²) in [6.07, 6.45) is 2.62. The molecule has 0 aromatic carbocycles. The Morgan fingerprint density at radius 2 is 2.15 bits per heavy atom. The van der Waals surface area contributed by atoms with E-state index in [1.165, 1.54) is 0 Å². The Hall–Kier alpha value is -2.22. The summed E-state index contributed by atoms with van der Waals surface area (Å²) in [5.74, 6) is 2.35. The number of hydrogen-bond donors (Lipinski definition) is 2. The van der Waals surface area contributed by atoms with Crippen LogP contribution in [0.25, 0.3) is 0 Å². The fraction of sp³-hybridized carbons (Fsp3) is 0.500. The van der Waals surface area contributed by atoms with Gasteiger partial charge in [0.2, 0.25) is 5.95 Å². The van der Waals surface area contributed by atoms with E-state index in [1.54, 1.807) is 12.3 Å². The summed E-state index contributed by atoms with van der Waals surface area (Å²) in [5.41, 5.74) is 0. The third-order valence-corrected chi connectivity index (χ3v) is 2.51. The molecule has 0 amide bonds. The van der Waals surface area contributed by atoms with Crippen molar-refractivity contribution in [1.82, 2.24) is 25.2 Å². The number of aromatic nitrogens is 4. The van der Waals surface area contributed by atoms with E-state index in [-0.39, 0.29) is 0 Å². The summed E-state index contributed by atoms with van der Waals surface area (Å²) in [7, 11) is 4.10. The fourth-order valence-electron chi connectivity index (χ4n) is 1.59. The molecular formula is C12H19N7O. The predicted molar refractivity (Wildman–Crippen MR) is 76.0 cm³/mol. The standard InChI is InChI=1S/C12H19N7O/c1-9-7-10(18-20-9)15-12-16-11(8-14-17-12)13-5-4-6-19(2)3/h7-8H,4-6H2,1-3H3,(H2,13,15,16,17,18). The topological polar surface area (TPSA) is 92.0 Å². The van der Waals surface area contributed by atoms with Gasteiger partial charge in [0.1, 0.15) is 5.76 Å². The van der Waals surface area contributed by atoms with Gasteiger partial charge >= 0.3 is 0 Å². The fourth-order valence-corrected chi connectivity index (χ4v) is 1.59. The second-order valence-corrected chi connectivity index (χ2v) is 4.70. The second kappa shape index (κ2) is 6.80. The van der Waals surface area contributed by atoms with Gasteiger partial charge in [-0.25, -0.2) is 0 Å². The maximum absolute atomic E-state index is 4.96. The molecule has 0 bridgehead atoms. The van der Waals surface area contributed by atoms with E-state index in [4.69, 9.17) is 4.52 Å². The van der Waals surface area contributed by atoms with Crippen molar-refractivity contribution in [2.24, 2.45) is 0 Å². The minimum absolute atomic E-state index is 0.385. The molecule has 0 unspecified atom stereocenters. The van der Waals surface area contributed by atoms with E-state index in [2.05, 4.69) is 35.9 Å². The monoisotopic (exact) mass is 277 g/mol. The number of hydrogen-bond acceptors (Lipinski definition) is 8. The molecule has 0 saturated carbocycles. The lowest BCUT2D eigenvalue weighted by atomic mass is 10.4. The SMILES string of the molecule is Cc1cc(Nc2nncc(NCCCN(C)C)n2)no1. The van der Waals surface area contributed by atoms with Gasteiger partial charge in [-0.15, -0.1) is 5.10 Å². The first-order valence-corrected chi connectivity index (χ1v) is 6.42. The molecule has 2 rings (SSSR count). The van der Waals surface area contributed by atoms with Crippen LogP contribution in [0.2, 0.25) is 0 Å². The normalized spacial score (nSPS) is 10.8.